The summed E-state index contributed by atoms with van der Waals surface area (Å²) in [6, 6.07) is 15.1. The minimum atomic E-state index is -1.50. The highest BCUT2D eigenvalue weighted by molar-refractivity contribution is 5.88. The molecule has 1 fully saturated rings. The molecular formula is C31H27F5O2. The van der Waals surface area contributed by atoms with Crippen LogP contribution in [-0.4, -0.2) is 6.61 Å². The minimum absolute atomic E-state index is 0.0107. The van der Waals surface area contributed by atoms with Crippen LogP contribution >= 0.6 is 0 Å². The fourth-order valence-corrected chi connectivity index (χ4v) is 5.04. The first kappa shape index (κ1) is 26.2. The fraction of sp³-hybridized carbons (Fsp3) is 0.290. The molecule has 0 bridgehead atoms. The molecule has 1 aliphatic heterocycles. The summed E-state index contributed by atoms with van der Waals surface area (Å²) in [5.41, 5.74) is 2.57. The Hall–Kier alpha value is -3.45. The molecule has 198 valence electrons. The zero-order valence-corrected chi connectivity index (χ0v) is 20.9. The molecule has 5 rings (SSSR count). The molecule has 0 saturated carbocycles. The molecule has 1 heterocycles. The van der Waals surface area contributed by atoms with E-state index in [-0.39, 0.29) is 23.5 Å². The number of rotatable bonds is 7. The lowest BCUT2D eigenvalue weighted by molar-refractivity contribution is -0.0198. The molecule has 4 aromatic carbocycles. The van der Waals surface area contributed by atoms with E-state index in [9.17, 15) is 22.0 Å². The smallest absolute Gasteiger partial charge is 0.195 e. The lowest BCUT2D eigenvalue weighted by atomic mass is 9.92. The average molecular weight is 527 g/mol. The Morgan fingerprint density at radius 3 is 2.16 bits per heavy atom. The summed E-state index contributed by atoms with van der Waals surface area (Å²) in [5, 5.41) is 0.226. The quantitative estimate of drug-likeness (QED) is 0.177. The van der Waals surface area contributed by atoms with E-state index in [2.05, 4.69) is 6.92 Å². The SMILES string of the molecule is CCCC1CCC(c2cc(F)c(OCc3ccc(-c4ccc5c(F)c(F)c(F)cc5c4)cc3)c(F)c2)OC1. The third-order valence-corrected chi connectivity index (χ3v) is 7.10. The van der Waals surface area contributed by atoms with Crippen LogP contribution in [0, 0.1) is 35.0 Å². The van der Waals surface area contributed by atoms with Gasteiger partial charge in [0.05, 0.1) is 12.7 Å². The second-order valence-electron chi connectivity index (χ2n) is 9.78. The van der Waals surface area contributed by atoms with E-state index in [1.54, 1.807) is 36.4 Å². The Bertz CT molecular complexity index is 1420. The largest absolute Gasteiger partial charge is 0.483 e. The van der Waals surface area contributed by atoms with Crippen molar-refractivity contribution in [1.29, 1.82) is 0 Å². The third kappa shape index (κ3) is 5.39. The molecule has 1 aliphatic rings. The molecule has 0 aromatic heterocycles. The minimum Gasteiger partial charge on any atom is -0.483 e. The van der Waals surface area contributed by atoms with Crippen molar-refractivity contribution in [3.05, 3.63) is 101 Å². The molecule has 0 spiro atoms. The summed E-state index contributed by atoms with van der Waals surface area (Å²) in [6.07, 6.45) is 3.56. The number of hydrogen-bond acceptors (Lipinski definition) is 2. The molecule has 2 unspecified atom stereocenters. The lowest BCUT2D eigenvalue weighted by Gasteiger charge is -2.29. The molecule has 0 amide bonds. The van der Waals surface area contributed by atoms with Crippen LogP contribution in [0.15, 0.2) is 60.7 Å². The first-order chi connectivity index (χ1) is 18.3. The van der Waals surface area contributed by atoms with E-state index in [4.69, 9.17) is 9.47 Å². The number of ether oxygens (including phenoxy) is 2. The number of halogens is 5. The van der Waals surface area contributed by atoms with E-state index >= 15 is 0 Å². The van der Waals surface area contributed by atoms with Crippen molar-refractivity contribution in [3.8, 4) is 16.9 Å². The predicted molar refractivity (Wildman–Crippen MR) is 136 cm³/mol. The van der Waals surface area contributed by atoms with Crippen molar-refractivity contribution in [2.24, 2.45) is 5.92 Å². The normalized spacial score (nSPS) is 17.6. The number of hydrogen-bond donors (Lipinski definition) is 0. The van der Waals surface area contributed by atoms with Gasteiger partial charge in [0.15, 0.2) is 34.8 Å². The van der Waals surface area contributed by atoms with Gasteiger partial charge in [-0.05, 0) is 77.1 Å². The van der Waals surface area contributed by atoms with Crippen molar-refractivity contribution in [3.63, 3.8) is 0 Å². The van der Waals surface area contributed by atoms with Crippen molar-refractivity contribution in [2.45, 2.75) is 45.3 Å². The molecule has 0 N–H and O–H groups in total. The molecule has 38 heavy (non-hydrogen) atoms. The zero-order valence-electron chi connectivity index (χ0n) is 20.9. The van der Waals surface area contributed by atoms with E-state index in [0.29, 0.717) is 29.2 Å². The topological polar surface area (TPSA) is 18.5 Å². The maximum atomic E-state index is 14.8. The van der Waals surface area contributed by atoms with Crippen LogP contribution in [0.4, 0.5) is 22.0 Å². The second kappa shape index (κ2) is 11.1. The van der Waals surface area contributed by atoms with Crippen LogP contribution in [0.2, 0.25) is 0 Å². The van der Waals surface area contributed by atoms with Gasteiger partial charge in [-0.25, -0.2) is 22.0 Å². The lowest BCUT2D eigenvalue weighted by Crippen LogP contribution is -2.20. The Balaban J connectivity index is 1.26. The van der Waals surface area contributed by atoms with E-state index in [1.807, 2.05) is 0 Å². The standard InChI is InChI=1S/C31H27F5O2/c1-2-3-18-6-11-28(37-16-18)23-14-26(33)31(27(34)15-23)38-17-19-4-7-20(8-5-19)21-9-10-24-22(12-21)13-25(32)30(36)29(24)35/h4-5,7-10,12-15,18,28H,2-3,6,11,16-17H2,1H3. The molecule has 4 aromatic rings. The summed E-state index contributed by atoms with van der Waals surface area (Å²) in [7, 11) is 0. The average Bonchev–Trinajstić information content (AvgIpc) is 2.92. The van der Waals surface area contributed by atoms with Crippen molar-refractivity contribution in [1.82, 2.24) is 0 Å². The van der Waals surface area contributed by atoms with Gasteiger partial charge in [-0.15, -0.1) is 0 Å². The Kier molecular flexibility index (Phi) is 7.65. The third-order valence-electron chi connectivity index (χ3n) is 7.10. The first-order valence-corrected chi connectivity index (χ1v) is 12.7. The predicted octanol–water partition coefficient (Wildman–Crippen LogP) is 9.05. The van der Waals surface area contributed by atoms with Gasteiger partial charge in [0.25, 0.3) is 0 Å². The summed E-state index contributed by atoms with van der Waals surface area (Å²) < 4.78 is 82.0. The molecular weight excluding hydrogens is 499 g/mol. The van der Waals surface area contributed by atoms with Crippen LogP contribution < -0.4 is 4.74 Å². The van der Waals surface area contributed by atoms with Crippen LogP contribution in [-0.2, 0) is 11.3 Å². The van der Waals surface area contributed by atoms with E-state index < -0.39 is 34.8 Å². The highest BCUT2D eigenvalue weighted by atomic mass is 19.2. The van der Waals surface area contributed by atoms with Crippen LogP contribution in [0.3, 0.4) is 0 Å². The zero-order chi connectivity index (χ0) is 26.8. The van der Waals surface area contributed by atoms with Gasteiger partial charge in [0.1, 0.15) is 6.61 Å². The molecule has 0 aliphatic carbocycles. The Labute approximate surface area is 218 Å². The monoisotopic (exact) mass is 526 g/mol. The van der Waals surface area contributed by atoms with Gasteiger partial charge in [-0.3, -0.25) is 0 Å². The van der Waals surface area contributed by atoms with Crippen molar-refractivity contribution in [2.75, 3.05) is 6.61 Å². The van der Waals surface area contributed by atoms with Gasteiger partial charge in [-0.2, -0.15) is 0 Å². The van der Waals surface area contributed by atoms with Gasteiger partial charge in [0.2, 0.25) is 0 Å². The Morgan fingerprint density at radius 1 is 0.789 bits per heavy atom. The van der Waals surface area contributed by atoms with Gasteiger partial charge >= 0.3 is 0 Å². The van der Waals surface area contributed by atoms with Crippen molar-refractivity contribution < 1.29 is 31.4 Å². The summed E-state index contributed by atoms with van der Waals surface area (Å²) in [6.45, 7) is 2.67. The first-order valence-electron chi connectivity index (χ1n) is 12.7. The highest BCUT2D eigenvalue weighted by Gasteiger charge is 2.25. The summed E-state index contributed by atoms with van der Waals surface area (Å²) >= 11 is 0. The summed E-state index contributed by atoms with van der Waals surface area (Å²) in [5.74, 6) is -5.47. The number of benzene rings is 4. The van der Waals surface area contributed by atoms with Gasteiger partial charge in [0, 0.05) is 5.39 Å². The van der Waals surface area contributed by atoms with E-state index in [1.165, 1.54) is 18.2 Å². The molecule has 7 heteroatoms. The molecule has 1 saturated heterocycles. The molecule has 2 atom stereocenters. The second-order valence-corrected chi connectivity index (χ2v) is 9.78. The number of fused-ring (bicyclic) bond motifs is 1. The Morgan fingerprint density at radius 2 is 1.50 bits per heavy atom. The van der Waals surface area contributed by atoms with Crippen LogP contribution in [0.1, 0.15) is 49.8 Å². The van der Waals surface area contributed by atoms with Gasteiger partial charge < -0.3 is 9.47 Å². The van der Waals surface area contributed by atoms with Crippen LogP contribution in [0.5, 0.6) is 5.75 Å². The van der Waals surface area contributed by atoms with Gasteiger partial charge in [-0.1, -0.05) is 49.7 Å². The molecule has 0 radical (unpaired) electrons. The van der Waals surface area contributed by atoms with E-state index in [0.717, 1.165) is 37.3 Å². The molecule has 2 nitrogen and oxygen atoms in total. The maximum absolute atomic E-state index is 14.8. The maximum Gasteiger partial charge on any atom is 0.195 e. The summed E-state index contributed by atoms with van der Waals surface area (Å²) in [4.78, 5) is 0. The highest BCUT2D eigenvalue weighted by Crippen LogP contribution is 2.35. The fourth-order valence-electron chi connectivity index (χ4n) is 5.04. The van der Waals surface area contributed by atoms with Crippen LogP contribution in [0.25, 0.3) is 21.9 Å². The van der Waals surface area contributed by atoms with Crippen molar-refractivity contribution >= 4 is 10.8 Å².